The van der Waals surface area contributed by atoms with Crippen LogP contribution in [-0.2, 0) is 14.3 Å². The number of carbonyl (C=O) groups excluding carboxylic acids is 2. The first kappa shape index (κ1) is 13.4. The molecule has 0 N–H and O–H groups in total. The molecule has 0 heterocycles. The molecule has 0 aromatic rings. The molecular formula is C10H17ClO3. The fourth-order valence-corrected chi connectivity index (χ4v) is 1.29. The number of unbranched alkanes of at least 4 members (excludes halogenated alkanes) is 3. The summed E-state index contributed by atoms with van der Waals surface area (Å²) in [6.45, 7) is 2.10. The standard InChI is InChI=1S/C10H17ClO3/c1-3-4-5-6-7-8(12)9(11)10(13)14-2/h9H,3-7H2,1-2H3. The highest BCUT2D eigenvalue weighted by Gasteiger charge is 2.23. The Balaban J connectivity index is 3.68. The molecule has 0 aliphatic carbocycles. The molecule has 0 radical (unpaired) electrons. The van der Waals surface area contributed by atoms with E-state index in [1.807, 2.05) is 0 Å². The Morgan fingerprint density at radius 1 is 1.29 bits per heavy atom. The van der Waals surface area contributed by atoms with Crippen molar-refractivity contribution >= 4 is 23.4 Å². The molecule has 0 aliphatic heterocycles. The number of halogens is 1. The van der Waals surface area contributed by atoms with Crippen LogP contribution in [0.25, 0.3) is 0 Å². The van der Waals surface area contributed by atoms with Crippen LogP contribution < -0.4 is 0 Å². The molecule has 0 spiro atoms. The van der Waals surface area contributed by atoms with Crippen LogP contribution in [0.3, 0.4) is 0 Å². The number of ketones is 1. The molecule has 0 bridgehead atoms. The van der Waals surface area contributed by atoms with E-state index in [2.05, 4.69) is 11.7 Å². The summed E-state index contributed by atoms with van der Waals surface area (Å²) in [6.07, 6.45) is 4.40. The van der Waals surface area contributed by atoms with Crippen LogP contribution in [0.4, 0.5) is 0 Å². The van der Waals surface area contributed by atoms with Crippen LogP contribution in [0.1, 0.15) is 39.0 Å². The zero-order valence-electron chi connectivity index (χ0n) is 8.72. The highest BCUT2D eigenvalue weighted by Crippen LogP contribution is 2.08. The number of hydrogen-bond acceptors (Lipinski definition) is 3. The molecule has 82 valence electrons. The lowest BCUT2D eigenvalue weighted by molar-refractivity contribution is -0.142. The van der Waals surface area contributed by atoms with E-state index in [-0.39, 0.29) is 5.78 Å². The summed E-state index contributed by atoms with van der Waals surface area (Å²) in [5, 5.41) is -1.12. The van der Waals surface area contributed by atoms with Crippen molar-refractivity contribution in [1.29, 1.82) is 0 Å². The molecule has 0 aromatic carbocycles. The fourth-order valence-electron chi connectivity index (χ4n) is 1.09. The van der Waals surface area contributed by atoms with Gasteiger partial charge in [-0.15, -0.1) is 11.6 Å². The number of rotatable bonds is 7. The third-order valence-corrected chi connectivity index (χ3v) is 2.39. The molecule has 1 atom stereocenters. The lowest BCUT2D eigenvalue weighted by Gasteiger charge is -2.05. The van der Waals surface area contributed by atoms with E-state index >= 15 is 0 Å². The number of ether oxygens (including phenoxy) is 1. The van der Waals surface area contributed by atoms with Gasteiger partial charge >= 0.3 is 5.97 Å². The number of alkyl halides is 1. The van der Waals surface area contributed by atoms with Gasteiger partial charge in [-0.25, -0.2) is 4.79 Å². The molecule has 4 heteroatoms. The normalized spacial score (nSPS) is 12.2. The van der Waals surface area contributed by atoms with Crippen molar-refractivity contribution < 1.29 is 14.3 Å². The third-order valence-electron chi connectivity index (χ3n) is 1.97. The highest BCUT2D eigenvalue weighted by atomic mass is 35.5. The van der Waals surface area contributed by atoms with Crippen LogP contribution >= 0.6 is 11.6 Å². The second-order valence-electron chi connectivity index (χ2n) is 3.16. The number of carbonyl (C=O) groups is 2. The Kier molecular flexibility index (Phi) is 7.48. The Hall–Kier alpha value is -0.570. The average molecular weight is 221 g/mol. The smallest absolute Gasteiger partial charge is 0.331 e. The summed E-state index contributed by atoms with van der Waals surface area (Å²) in [6, 6.07) is 0. The quantitative estimate of drug-likeness (QED) is 0.286. The third kappa shape index (κ3) is 5.22. The van der Waals surface area contributed by atoms with E-state index in [9.17, 15) is 9.59 Å². The summed E-state index contributed by atoms with van der Waals surface area (Å²) in [7, 11) is 1.22. The zero-order valence-corrected chi connectivity index (χ0v) is 9.47. The topological polar surface area (TPSA) is 43.4 Å². The van der Waals surface area contributed by atoms with Crippen molar-refractivity contribution in [3.8, 4) is 0 Å². The van der Waals surface area contributed by atoms with Crippen molar-refractivity contribution in [2.45, 2.75) is 44.4 Å². The van der Waals surface area contributed by atoms with Crippen LogP contribution in [0.15, 0.2) is 0 Å². The van der Waals surface area contributed by atoms with Gasteiger partial charge in [0.15, 0.2) is 11.2 Å². The first-order valence-corrected chi connectivity index (χ1v) is 5.31. The molecule has 0 saturated heterocycles. The Labute approximate surface area is 89.8 Å². The van der Waals surface area contributed by atoms with Gasteiger partial charge in [-0.05, 0) is 6.42 Å². The SMILES string of the molecule is CCCCCCC(=O)C(Cl)C(=O)OC. The molecule has 0 aliphatic rings. The Morgan fingerprint density at radius 2 is 1.93 bits per heavy atom. The van der Waals surface area contributed by atoms with E-state index in [4.69, 9.17) is 11.6 Å². The second kappa shape index (κ2) is 7.80. The van der Waals surface area contributed by atoms with E-state index < -0.39 is 11.3 Å². The lowest BCUT2D eigenvalue weighted by Crippen LogP contribution is -2.25. The summed E-state index contributed by atoms with van der Waals surface area (Å²) < 4.78 is 4.37. The van der Waals surface area contributed by atoms with Gasteiger partial charge in [0.25, 0.3) is 0 Å². The van der Waals surface area contributed by atoms with Crippen LogP contribution in [0, 0.1) is 0 Å². The molecule has 0 fully saturated rings. The van der Waals surface area contributed by atoms with Crippen molar-refractivity contribution in [2.75, 3.05) is 7.11 Å². The van der Waals surface area contributed by atoms with Crippen molar-refractivity contribution in [3.05, 3.63) is 0 Å². The molecule has 1 unspecified atom stereocenters. The summed E-state index contributed by atoms with van der Waals surface area (Å²) in [5.74, 6) is -0.901. The molecule has 0 aromatic heterocycles. The minimum absolute atomic E-state index is 0.241. The van der Waals surface area contributed by atoms with Crippen molar-refractivity contribution in [1.82, 2.24) is 0 Å². The number of hydrogen-bond donors (Lipinski definition) is 0. The first-order chi connectivity index (χ1) is 6.63. The number of Topliss-reactive ketones (excluding diaryl/α,β-unsaturated/α-hetero) is 1. The van der Waals surface area contributed by atoms with Crippen LogP contribution in [0.2, 0.25) is 0 Å². The maximum atomic E-state index is 11.3. The van der Waals surface area contributed by atoms with E-state index in [0.717, 1.165) is 25.7 Å². The largest absolute Gasteiger partial charge is 0.468 e. The highest BCUT2D eigenvalue weighted by molar-refractivity contribution is 6.41. The maximum absolute atomic E-state index is 11.3. The molecule has 0 saturated carbocycles. The van der Waals surface area contributed by atoms with E-state index in [0.29, 0.717) is 6.42 Å². The molecule has 3 nitrogen and oxygen atoms in total. The summed E-state index contributed by atoms with van der Waals surface area (Å²) in [5.41, 5.74) is 0. The van der Waals surface area contributed by atoms with Gasteiger partial charge in [-0.1, -0.05) is 26.2 Å². The fraction of sp³-hybridized carbons (Fsp3) is 0.800. The molecule has 14 heavy (non-hydrogen) atoms. The maximum Gasteiger partial charge on any atom is 0.331 e. The van der Waals surface area contributed by atoms with E-state index in [1.165, 1.54) is 7.11 Å². The van der Waals surface area contributed by atoms with Crippen LogP contribution in [0.5, 0.6) is 0 Å². The summed E-state index contributed by atoms with van der Waals surface area (Å²) >= 11 is 5.57. The predicted octanol–water partition coefficient (Wildman–Crippen LogP) is 2.31. The van der Waals surface area contributed by atoms with Crippen molar-refractivity contribution in [3.63, 3.8) is 0 Å². The first-order valence-electron chi connectivity index (χ1n) is 4.88. The van der Waals surface area contributed by atoms with Gasteiger partial charge < -0.3 is 4.74 Å². The van der Waals surface area contributed by atoms with Crippen LogP contribution in [-0.4, -0.2) is 24.2 Å². The average Bonchev–Trinajstić information content (AvgIpc) is 2.21. The van der Waals surface area contributed by atoms with Gasteiger partial charge in [-0.2, -0.15) is 0 Å². The summed E-state index contributed by atoms with van der Waals surface area (Å²) in [4.78, 5) is 22.1. The van der Waals surface area contributed by atoms with Gasteiger partial charge in [-0.3, -0.25) is 4.79 Å². The van der Waals surface area contributed by atoms with E-state index in [1.54, 1.807) is 0 Å². The lowest BCUT2D eigenvalue weighted by atomic mass is 10.1. The second-order valence-corrected chi connectivity index (χ2v) is 3.60. The molecular weight excluding hydrogens is 204 g/mol. The Bertz CT molecular complexity index is 192. The zero-order chi connectivity index (χ0) is 11.0. The minimum Gasteiger partial charge on any atom is -0.468 e. The van der Waals surface area contributed by atoms with Crippen molar-refractivity contribution in [2.24, 2.45) is 0 Å². The van der Waals surface area contributed by atoms with Gasteiger partial charge in [0, 0.05) is 6.42 Å². The molecule has 0 amide bonds. The van der Waals surface area contributed by atoms with Gasteiger partial charge in [0.1, 0.15) is 0 Å². The minimum atomic E-state index is -1.12. The van der Waals surface area contributed by atoms with Gasteiger partial charge in [0.2, 0.25) is 0 Å². The Morgan fingerprint density at radius 3 is 2.43 bits per heavy atom. The number of esters is 1. The number of methoxy groups -OCH3 is 1. The predicted molar refractivity (Wildman–Crippen MR) is 55.4 cm³/mol. The monoisotopic (exact) mass is 220 g/mol. The molecule has 0 rings (SSSR count). The van der Waals surface area contributed by atoms with Gasteiger partial charge in [0.05, 0.1) is 7.11 Å².